The first-order chi connectivity index (χ1) is 17.7. The quantitative estimate of drug-likeness (QED) is 0.426. The number of hydrogen-bond donors (Lipinski definition) is 1. The van der Waals surface area contributed by atoms with Gasteiger partial charge >= 0.3 is 6.18 Å². The number of carbonyl (C=O) groups excluding carboxylic acids is 2. The number of benzene rings is 1. The molecule has 1 N–H and O–H groups in total. The van der Waals surface area contributed by atoms with E-state index >= 15 is 0 Å². The van der Waals surface area contributed by atoms with E-state index in [-0.39, 0.29) is 17.4 Å². The Balaban J connectivity index is 1.06. The number of pyridine rings is 1. The minimum atomic E-state index is -4.41. The summed E-state index contributed by atoms with van der Waals surface area (Å²) >= 11 is 1.46. The third-order valence-corrected chi connectivity index (χ3v) is 8.21. The lowest BCUT2D eigenvalue weighted by atomic mass is 9.92. The Bertz CT molecular complexity index is 1360. The molecule has 5 rings (SSSR count). The van der Waals surface area contributed by atoms with Crippen LogP contribution in [0.5, 0.6) is 0 Å². The number of likely N-dealkylation sites (tertiary alicyclic amines) is 1. The molecule has 6 nitrogen and oxygen atoms in total. The second-order valence-corrected chi connectivity index (χ2v) is 10.5. The van der Waals surface area contributed by atoms with Gasteiger partial charge in [0.2, 0.25) is 0 Å². The first kappa shape index (κ1) is 25.4. The summed E-state index contributed by atoms with van der Waals surface area (Å²) in [7, 11) is 0. The highest BCUT2D eigenvalue weighted by atomic mass is 32.2. The Morgan fingerprint density at radius 2 is 1.84 bits per heavy atom. The summed E-state index contributed by atoms with van der Waals surface area (Å²) in [6, 6.07) is 8.37. The molecular formula is C27H27F3N4O2S. The van der Waals surface area contributed by atoms with Gasteiger partial charge in [-0.3, -0.25) is 14.0 Å². The maximum Gasteiger partial charge on any atom is 0.416 e. The van der Waals surface area contributed by atoms with Crippen molar-refractivity contribution >= 4 is 35.3 Å². The zero-order valence-electron chi connectivity index (χ0n) is 20.3. The molecule has 2 aromatic heterocycles. The van der Waals surface area contributed by atoms with Crippen LogP contribution < -0.4 is 5.32 Å². The SMILES string of the molecule is Cc1ccc2ncc3n2c1SC(C(=O)NCCCC1CCN(C(=O)c2ccc(C(F)(F)F)cc2)CC1)=C3. The summed E-state index contributed by atoms with van der Waals surface area (Å²) in [5.74, 6) is 0.127. The van der Waals surface area contributed by atoms with Crippen molar-refractivity contribution < 1.29 is 22.8 Å². The minimum absolute atomic E-state index is 0.0918. The van der Waals surface area contributed by atoms with E-state index in [1.54, 1.807) is 11.1 Å². The summed E-state index contributed by atoms with van der Waals surface area (Å²) < 4.78 is 40.3. The fourth-order valence-electron chi connectivity index (χ4n) is 4.86. The molecular weight excluding hydrogens is 501 g/mol. The minimum Gasteiger partial charge on any atom is -0.352 e. The van der Waals surface area contributed by atoms with Gasteiger partial charge in [-0.05, 0) is 80.5 Å². The van der Waals surface area contributed by atoms with E-state index in [4.69, 9.17) is 0 Å². The van der Waals surface area contributed by atoms with Gasteiger partial charge in [0.15, 0.2) is 0 Å². The van der Waals surface area contributed by atoms with Gasteiger partial charge < -0.3 is 10.2 Å². The molecule has 2 amide bonds. The standard InChI is InChI=1S/C27H27F3N4O2S/c1-17-4-9-23-32-16-21-15-22(37-26(17)34(21)23)24(35)31-12-2-3-18-10-13-33(14-11-18)25(36)19-5-7-20(8-6-19)27(28,29)30/h4-9,15-16,18H,2-3,10-14H2,1H3,(H,31,35). The second-order valence-electron chi connectivity index (χ2n) is 9.52. The van der Waals surface area contributed by atoms with Gasteiger partial charge in [0.1, 0.15) is 5.65 Å². The molecule has 0 unspecified atom stereocenters. The third-order valence-electron chi connectivity index (χ3n) is 6.98. The molecule has 3 aromatic rings. The van der Waals surface area contributed by atoms with Crippen molar-refractivity contribution in [3.63, 3.8) is 0 Å². The van der Waals surface area contributed by atoms with Crippen LogP contribution in [-0.4, -0.2) is 45.7 Å². The fourth-order valence-corrected chi connectivity index (χ4v) is 5.93. The predicted octanol–water partition coefficient (Wildman–Crippen LogP) is 5.56. The molecule has 1 saturated heterocycles. The van der Waals surface area contributed by atoms with Gasteiger partial charge in [-0.15, -0.1) is 0 Å². The molecule has 0 saturated carbocycles. The molecule has 0 spiro atoms. The van der Waals surface area contributed by atoms with Crippen LogP contribution in [0, 0.1) is 12.8 Å². The van der Waals surface area contributed by atoms with Crippen LogP contribution in [0.15, 0.2) is 52.5 Å². The van der Waals surface area contributed by atoms with Crippen molar-refractivity contribution in [1.29, 1.82) is 0 Å². The number of piperidine rings is 1. The van der Waals surface area contributed by atoms with Crippen LogP contribution in [-0.2, 0) is 11.0 Å². The average molecular weight is 529 g/mol. The van der Waals surface area contributed by atoms with Gasteiger partial charge in [0.25, 0.3) is 11.8 Å². The molecule has 0 bridgehead atoms. The van der Waals surface area contributed by atoms with E-state index in [1.165, 1.54) is 23.9 Å². The number of aryl methyl sites for hydroxylation is 1. The Hall–Kier alpha value is -3.27. The van der Waals surface area contributed by atoms with E-state index in [0.29, 0.717) is 30.5 Å². The highest BCUT2D eigenvalue weighted by Gasteiger charge is 2.31. The molecule has 2 aliphatic rings. The summed E-state index contributed by atoms with van der Waals surface area (Å²) in [5.41, 5.74) is 2.38. The number of hydrogen-bond acceptors (Lipinski definition) is 4. The summed E-state index contributed by atoms with van der Waals surface area (Å²) in [6.45, 7) is 3.76. The molecule has 1 aromatic carbocycles. The number of imidazole rings is 1. The second kappa shape index (κ2) is 10.2. The van der Waals surface area contributed by atoms with Crippen LogP contribution in [0.4, 0.5) is 13.2 Å². The van der Waals surface area contributed by atoms with Crippen LogP contribution in [0.25, 0.3) is 11.7 Å². The number of alkyl halides is 3. The van der Waals surface area contributed by atoms with E-state index in [0.717, 1.165) is 59.7 Å². The molecule has 2 aliphatic heterocycles. The molecule has 0 atom stereocenters. The van der Waals surface area contributed by atoms with Crippen LogP contribution >= 0.6 is 11.8 Å². The predicted molar refractivity (Wildman–Crippen MR) is 136 cm³/mol. The monoisotopic (exact) mass is 528 g/mol. The highest BCUT2D eigenvalue weighted by molar-refractivity contribution is 8.04. The molecule has 0 aliphatic carbocycles. The van der Waals surface area contributed by atoms with E-state index in [1.807, 2.05) is 25.1 Å². The Kier molecular flexibility index (Phi) is 7.02. The highest BCUT2D eigenvalue weighted by Crippen LogP contribution is 2.36. The first-order valence-corrected chi connectivity index (χ1v) is 13.1. The average Bonchev–Trinajstić information content (AvgIpc) is 3.32. The van der Waals surface area contributed by atoms with Crippen molar-refractivity contribution in [1.82, 2.24) is 19.6 Å². The van der Waals surface area contributed by atoms with Crippen molar-refractivity contribution in [3.05, 3.63) is 69.9 Å². The van der Waals surface area contributed by atoms with Crippen molar-refractivity contribution in [2.75, 3.05) is 19.6 Å². The zero-order chi connectivity index (χ0) is 26.2. The van der Waals surface area contributed by atoms with Crippen LogP contribution in [0.3, 0.4) is 0 Å². The van der Waals surface area contributed by atoms with Crippen LogP contribution in [0.1, 0.15) is 52.9 Å². The maximum atomic E-state index is 12.8. The van der Waals surface area contributed by atoms with Gasteiger partial charge in [-0.25, -0.2) is 4.98 Å². The lowest BCUT2D eigenvalue weighted by Gasteiger charge is -2.32. The number of halogens is 3. The Morgan fingerprint density at radius 3 is 2.54 bits per heavy atom. The summed E-state index contributed by atoms with van der Waals surface area (Å²) in [6.07, 6.45) is 2.70. The summed E-state index contributed by atoms with van der Waals surface area (Å²) in [4.78, 5) is 32.2. The van der Waals surface area contributed by atoms with Gasteiger partial charge in [0, 0.05) is 25.2 Å². The maximum absolute atomic E-state index is 12.8. The Morgan fingerprint density at radius 1 is 1.11 bits per heavy atom. The molecule has 194 valence electrons. The zero-order valence-corrected chi connectivity index (χ0v) is 21.2. The summed E-state index contributed by atoms with van der Waals surface area (Å²) in [5, 5.41) is 4.04. The number of nitrogens with one attached hydrogen (secondary N) is 1. The first-order valence-electron chi connectivity index (χ1n) is 12.3. The number of rotatable bonds is 6. The van der Waals surface area contributed by atoms with E-state index in [9.17, 15) is 22.8 Å². The van der Waals surface area contributed by atoms with Crippen molar-refractivity contribution in [2.24, 2.45) is 5.92 Å². The van der Waals surface area contributed by atoms with E-state index < -0.39 is 11.7 Å². The van der Waals surface area contributed by atoms with Gasteiger partial charge in [-0.2, -0.15) is 13.2 Å². The molecule has 4 heterocycles. The molecule has 10 heteroatoms. The number of carbonyl (C=O) groups is 2. The fraction of sp³-hybridized carbons (Fsp3) is 0.370. The smallest absolute Gasteiger partial charge is 0.352 e. The van der Waals surface area contributed by atoms with Gasteiger partial charge in [-0.1, -0.05) is 17.8 Å². The van der Waals surface area contributed by atoms with E-state index in [2.05, 4.69) is 14.7 Å². The largest absolute Gasteiger partial charge is 0.416 e. The molecule has 1 fully saturated rings. The Labute approximate surface area is 216 Å². The number of aromatic nitrogens is 2. The number of nitrogens with zero attached hydrogens (tertiary/aromatic N) is 3. The molecule has 37 heavy (non-hydrogen) atoms. The van der Waals surface area contributed by atoms with Gasteiger partial charge in [0.05, 0.1) is 27.4 Å². The van der Waals surface area contributed by atoms with Crippen molar-refractivity contribution in [3.8, 4) is 0 Å². The normalized spacial score (nSPS) is 16.1. The van der Waals surface area contributed by atoms with Crippen molar-refractivity contribution in [2.45, 2.75) is 43.8 Å². The number of amides is 2. The molecule has 0 radical (unpaired) electrons. The topological polar surface area (TPSA) is 66.7 Å². The lowest BCUT2D eigenvalue weighted by Crippen LogP contribution is -2.38. The van der Waals surface area contributed by atoms with Crippen LogP contribution in [0.2, 0.25) is 0 Å². The number of thioether (sulfide) groups is 1. The third kappa shape index (κ3) is 5.39. The lowest BCUT2D eigenvalue weighted by molar-refractivity contribution is -0.137.